The number of hydrogen-bond donors (Lipinski definition) is 1. The summed E-state index contributed by atoms with van der Waals surface area (Å²) in [4.78, 5) is 14.7. The summed E-state index contributed by atoms with van der Waals surface area (Å²) in [7, 11) is 0. The molecule has 3 aromatic rings. The topological polar surface area (TPSA) is 50.2 Å². The zero-order chi connectivity index (χ0) is 20.5. The maximum Gasteiger partial charge on any atom is 0.281 e. The Bertz CT molecular complexity index is 1130. The van der Waals surface area contributed by atoms with E-state index in [1.54, 1.807) is 4.90 Å². The fourth-order valence-corrected chi connectivity index (χ4v) is 3.90. The van der Waals surface area contributed by atoms with Crippen molar-refractivity contribution >= 4 is 35.0 Å². The number of aryl methyl sites for hydroxylation is 2. The van der Waals surface area contributed by atoms with E-state index >= 15 is 0 Å². The van der Waals surface area contributed by atoms with Gasteiger partial charge in [-0.2, -0.15) is 5.10 Å². The molecule has 6 heteroatoms. The van der Waals surface area contributed by atoms with Gasteiger partial charge in [0, 0.05) is 11.3 Å². The molecule has 29 heavy (non-hydrogen) atoms. The summed E-state index contributed by atoms with van der Waals surface area (Å²) in [6.07, 6.45) is 2.67. The van der Waals surface area contributed by atoms with Crippen molar-refractivity contribution in [3.8, 4) is 5.69 Å². The molecule has 146 valence electrons. The van der Waals surface area contributed by atoms with Gasteiger partial charge in [-0.15, -0.1) is 0 Å². The summed E-state index contributed by atoms with van der Waals surface area (Å²) in [5.41, 5.74) is 6.08. The Labute approximate surface area is 175 Å². The largest absolute Gasteiger partial charge is 0.327 e. The molecule has 0 atom stereocenters. The SMILES string of the molecule is CCc1ccccc1N1C(=O)/C(=C\c2c(C)nn(-c3ccccc3)c2C)NC1=S. The predicted octanol–water partition coefficient (Wildman–Crippen LogP) is 4.31. The van der Waals surface area contributed by atoms with Gasteiger partial charge in [-0.05, 0) is 62.3 Å². The molecule has 4 rings (SSSR count). The Morgan fingerprint density at radius 2 is 1.76 bits per heavy atom. The van der Waals surface area contributed by atoms with Crippen LogP contribution in [0.1, 0.15) is 29.4 Å². The minimum absolute atomic E-state index is 0.151. The molecule has 1 fully saturated rings. The van der Waals surface area contributed by atoms with Crippen LogP contribution in [0.25, 0.3) is 11.8 Å². The molecule has 2 aromatic carbocycles. The number of rotatable bonds is 4. The van der Waals surface area contributed by atoms with E-state index in [0.29, 0.717) is 10.8 Å². The molecule has 1 aliphatic rings. The van der Waals surface area contributed by atoms with E-state index in [9.17, 15) is 4.79 Å². The lowest BCUT2D eigenvalue weighted by Crippen LogP contribution is -2.31. The third-order valence-corrected chi connectivity index (χ3v) is 5.41. The maximum absolute atomic E-state index is 13.2. The van der Waals surface area contributed by atoms with E-state index in [0.717, 1.165) is 40.3 Å². The Balaban J connectivity index is 1.73. The van der Waals surface area contributed by atoms with Crippen LogP contribution in [0.2, 0.25) is 0 Å². The number of thiocarbonyl (C=S) groups is 1. The number of para-hydroxylation sites is 2. The standard InChI is InChI=1S/C23H22N4OS/c1-4-17-10-8-9-13-21(17)26-22(28)20(24-23(26)29)14-19-15(2)25-27(16(19)3)18-11-6-5-7-12-18/h5-14H,4H2,1-3H3,(H,24,29)/b20-14+. The van der Waals surface area contributed by atoms with Crippen molar-refractivity contribution in [3.05, 3.63) is 82.8 Å². The van der Waals surface area contributed by atoms with Crippen molar-refractivity contribution in [1.29, 1.82) is 0 Å². The van der Waals surface area contributed by atoms with Gasteiger partial charge in [0.2, 0.25) is 0 Å². The summed E-state index contributed by atoms with van der Waals surface area (Å²) in [6, 6.07) is 17.8. The second-order valence-electron chi connectivity index (χ2n) is 6.94. The lowest BCUT2D eigenvalue weighted by molar-refractivity contribution is -0.113. The Kier molecular flexibility index (Phi) is 5.03. The highest BCUT2D eigenvalue weighted by molar-refractivity contribution is 7.80. The van der Waals surface area contributed by atoms with E-state index in [1.807, 2.05) is 79.2 Å². The number of amides is 1. The Morgan fingerprint density at radius 1 is 1.07 bits per heavy atom. The molecule has 1 saturated heterocycles. The molecule has 1 aromatic heterocycles. The van der Waals surface area contributed by atoms with Gasteiger partial charge in [-0.25, -0.2) is 4.68 Å². The maximum atomic E-state index is 13.2. The second-order valence-corrected chi connectivity index (χ2v) is 7.33. The summed E-state index contributed by atoms with van der Waals surface area (Å²) >= 11 is 5.48. The van der Waals surface area contributed by atoms with Gasteiger partial charge in [-0.1, -0.05) is 43.3 Å². The zero-order valence-corrected chi connectivity index (χ0v) is 17.5. The molecule has 0 spiro atoms. The first kappa shape index (κ1) is 19.1. The Morgan fingerprint density at radius 3 is 2.48 bits per heavy atom. The first-order valence-electron chi connectivity index (χ1n) is 9.58. The quantitative estimate of drug-likeness (QED) is 0.522. The highest BCUT2D eigenvalue weighted by Gasteiger charge is 2.33. The van der Waals surface area contributed by atoms with Crippen LogP contribution in [-0.4, -0.2) is 20.8 Å². The van der Waals surface area contributed by atoms with Crippen molar-refractivity contribution in [2.45, 2.75) is 27.2 Å². The van der Waals surface area contributed by atoms with E-state index in [4.69, 9.17) is 12.2 Å². The fraction of sp³-hybridized carbons (Fsp3) is 0.174. The molecule has 5 nitrogen and oxygen atoms in total. The molecule has 0 unspecified atom stereocenters. The van der Waals surface area contributed by atoms with Crippen LogP contribution in [-0.2, 0) is 11.2 Å². The van der Waals surface area contributed by atoms with Gasteiger partial charge < -0.3 is 5.32 Å². The van der Waals surface area contributed by atoms with Crippen molar-refractivity contribution in [3.63, 3.8) is 0 Å². The van der Waals surface area contributed by atoms with Gasteiger partial charge >= 0.3 is 0 Å². The molecular formula is C23H22N4OS. The minimum atomic E-state index is -0.151. The highest BCUT2D eigenvalue weighted by Crippen LogP contribution is 2.28. The van der Waals surface area contributed by atoms with Gasteiger partial charge in [0.15, 0.2) is 5.11 Å². The van der Waals surface area contributed by atoms with Gasteiger partial charge in [0.05, 0.1) is 17.1 Å². The Hall–Kier alpha value is -3.25. The summed E-state index contributed by atoms with van der Waals surface area (Å²) in [6.45, 7) is 6.01. The zero-order valence-electron chi connectivity index (χ0n) is 16.6. The number of anilines is 1. The monoisotopic (exact) mass is 402 g/mol. The number of benzene rings is 2. The van der Waals surface area contributed by atoms with Crippen molar-refractivity contribution < 1.29 is 4.79 Å². The number of aromatic nitrogens is 2. The molecule has 0 bridgehead atoms. The molecule has 1 N–H and O–H groups in total. The van der Waals surface area contributed by atoms with Gasteiger partial charge in [-0.3, -0.25) is 9.69 Å². The van der Waals surface area contributed by atoms with Crippen molar-refractivity contribution in [2.75, 3.05) is 4.90 Å². The van der Waals surface area contributed by atoms with E-state index in [1.165, 1.54) is 0 Å². The number of carbonyl (C=O) groups excluding carboxylic acids is 1. The van der Waals surface area contributed by atoms with Gasteiger partial charge in [0.1, 0.15) is 5.70 Å². The number of carbonyl (C=O) groups is 1. The molecule has 0 aliphatic carbocycles. The van der Waals surface area contributed by atoms with Crippen LogP contribution in [0, 0.1) is 13.8 Å². The number of hydrogen-bond acceptors (Lipinski definition) is 3. The average molecular weight is 403 g/mol. The van der Waals surface area contributed by atoms with Crippen molar-refractivity contribution in [1.82, 2.24) is 15.1 Å². The summed E-state index contributed by atoms with van der Waals surface area (Å²) in [5, 5.41) is 8.14. The number of nitrogens with one attached hydrogen (secondary N) is 1. The van der Waals surface area contributed by atoms with Crippen LogP contribution in [0.15, 0.2) is 60.3 Å². The van der Waals surface area contributed by atoms with E-state index in [-0.39, 0.29) is 5.91 Å². The summed E-state index contributed by atoms with van der Waals surface area (Å²) in [5.74, 6) is -0.151. The second kappa shape index (κ2) is 7.64. The highest BCUT2D eigenvalue weighted by atomic mass is 32.1. The van der Waals surface area contributed by atoms with Crippen molar-refractivity contribution in [2.24, 2.45) is 0 Å². The molecule has 2 heterocycles. The smallest absolute Gasteiger partial charge is 0.281 e. The van der Waals surface area contributed by atoms with Crippen LogP contribution >= 0.6 is 12.2 Å². The molecule has 0 radical (unpaired) electrons. The fourth-order valence-electron chi connectivity index (χ4n) is 3.61. The first-order valence-corrected chi connectivity index (χ1v) is 9.98. The predicted molar refractivity (Wildman–Crippen MR) is 120 cm³/mol. The molecular weight excluding hydrogens is 380 g/mol. The molecule has 1 aliphatic heterocycles. The number of nitrogens with zero attached hydrogens (tertiary/aromatic N) is 3. The third kappa shape index (κ3) is 3.36. The van der Waals surface area contributed by atoms with E-state index in [2.05, 4.69) is 17.3 Å². The first-order chi connectivity index (χ1) is 14.0. The molecule has 0 saturated carbocycles. The average Bonchev–Trinajstić information content (AvgIpc) is 3.18. The van der Waals surface area contributed by atoms with Crippen LogP contribution in [0.5, 0.6) is 0 Å². The summed E-state index contributed by atoms with van der Waals surface area (Å²) < 4.78 is 1.89. The normalized spacial score (nSPS) is 15.3. The van der Waals surface area contributed by atoms with Crippen LogP contribution < -0.4 is 10.2 Å². The lowest BCUT2D eigenvalue weighted by atomic mass is 10.1. The molecule has 1 amide bonds. The third-order valence-electron chi connectivity index (χ3n) is 5.13. The van der Waals surface area contributed by atoms with E-state index < -0.39 is 0 Å². The van der Waals surface area contributed by atoms with Crippen LogP contribution in [0.3, 0.4) is 0 Å². The lowest BCUT2D eigenvalue weighted by Gasteiger charge is -2.17. The van der Waals surface area contributed by atoms with Gasteiger partial charge in [0.25, 0.3) is 5.91 Å². The minimum Gasteiger partial charge on any atom is -0.327 e. The van der Waals surface area contributed by atoms with Crippen LogP contribution in [0.4, 0.5) is 5.69 Å².